The zero-order valence-corrected chi connectivity index (χ0v) is 10.7. The molecule has 1 aromatic heterocycles. The van der Waals surface area contributed by atoms with Crippen molar-refractivity contribution in [1.82, 2.24) is 10.3 Å². The van der Waals surface area contributed by atoms with E-state index in [-0.39, 0.29) is 0 Å². The van der Waals surface area contributed by atoms with Gasteiger partial charge in [-0.2, -0.15) is 0 Å². The average molecular weight is 241 g/mol. The van der Waals surface area contributed by atoms with Crippen molar-refractivity contribution in [2.24, 2.45) is 0 Å². The molecule has 0 amide bonds. The number of rotatable bonds is 4. The molecule has 1 aliphatic heterocycles. The highest BCUT2D eigenvalue weighted by Gasteiger charge is 2.20. The largest absolute Gasteiger partial charge is 0.381 e. The molecule has 1 aromatic rings. The highest BCUT2D eigenvalue weighted by atomic mass is 32.1. The molecule has 0 saturated carbocycles. The van der Waals surface area contributed by atoms with Crippen LogP contribution in [0.4, 0.5) is 5.13 Å². The average Bonchev–Trinajstić information content (AvgIpc) is 2.78. The maximum atomic E-state index is 5.37. The molecular formula is C11H19N3OS. The first-order chi connectivity index (χ1) is 7.83. The van der Waals surface area contributed by atoms with Crippen LogP contribution in [0.5, 0.6) is 0 Å². The highest BCUT2D eigenvalue weighted by molar-refractivity contribution is 7.15. The summed E-state index contributed by atoms with van der Waals surface area (Å²) in [6, 6.07) is 0. The number of thiazole rings is 1. The highest BCUT2D eigenvalue weighted by Crippen LogP contribution is 2.25. The summed E-state index contributed by atoms with van der Waals surface area (Å²) < 4.78 is 5.37. The molecule has 0 aliphatic carbocycles. The number of aromatic nitrogens is 1. The lowest BCUT2D eigenvalue weighted by Crippen LogP contribution is -2.36. The summed E-state index contributed by atoms with van der Waals surface area (Å²) in [4.78, 5) is 8.13. The quantitative estimate of drug-likeness (QED) is 0.866. The summed E-state index contributed by atoms with van der Waals surface area (Å²) in [5.74, 6) is 0. The van der Waals surface area contributed by atoms with Gasteiger partial charge in [0.1, 0.15) is 0 Å². The molecular weight excluding hydrogens is 222 g/mol. The van der Waals surface area contributed by atoms with Crippen molar-refractivity contribution in [2.75, 3.05) is 32.1 Å². The van der Waals surface area contributed by atoms with Crippen molar-refractivity contribution in [1.29, 1.82) is 0 Å². The third kappa shape index (κ3) is 2.72. The fraction of sp³-hybridized carbons (Fsp3) is 0.727. The number of hydrogen-bond acceptors (Lipinski definition) is 5. The first-order valence-corrected chi connectivity index (χ1v) is 6.52. The van der Waals surface area contributed by atoms with Gasteiger partial charge in [-0.15, -0.1) is 11.3 Å². The Bertz CT molecular complexity index is 321. The van der Waals surface area contributed by atoms with Gasteiger partial charge in [-0.1, -0.05) is 0 Å². The molecule has 2 rings (SSSR count). The van der Waals surface area contributed by atoms with E-state index in [1.165, 1.54) is 4.88 Å². The molecule has 0 radical (unpaired) electrons. The third-order valence-electron chi connectivity index (χ3n) is 2.94. The van der Waals surface area contributed by atoms with E-state index in [4.69, 9.17) is 4.74 Å². The number of piperidine rings is 1. The maximum Gasteiger partial charge on any atom is 0.185 e. The first-order valence-electron chi connectivity index (χ1n) is 5.70. The van der Waals surface area contributed by atoms with E-state index in [1.807, 2.05) is 13.2 Å². The van der Waals surface area contributed by atoms with Crippen molar-refractivity contribution in [3.8, 4) is 0 Å². The van der Waals surface area contributed by atoms with Gasteiger partial charge in [0.15, 0.2) is 5.13 Å². The Morgan fingerprint density at radius 3 is 2.94 bits per heavy atom. The summed E-state index contributed by atoms with van der Waals surface area (Å²) >= 11 is 1.78. The van der Waals surface area contributed by atoms with Crippen LogP contribution in [0.25, 0.3) is 0 Å². The van der Waals surface area contributed by atoms with Gasteiger partial charge in [0.2, 0.25) is 0 Å². The molecule has 0 aromatic carbocycles. The monoisotopic (exact) mass is 241 g/mol. The molecule has 2 heterocycles. The second-order valence-corrected chi connectivity index (χ2v) is 5.16. The minimum absolute atomic E-state index is 0.438. The summed E-state index contributed by atoms with van der Waals surface area (Å²) in [6.07, 6.45) is 4.63. The van der Waals surface area contributed by atoms with Crippen molar-refractivity contribution in [3.05, 3.63) is 11.1 Å². The van der Waals surface area contributed by atoms with E-state index in [2.05, 4.69) is 15.2 Å². The SMILES string of the molecule is CNCc1cnc(N2CCC(OC)CC2)s1. The van der Waals surface area contributed by atoms with E-state index < -0.39 is 0 Å². The van der Waals surface area contributed by atoms with E-state index in [0.717, 1.165) is 37.6 Å². The van der Waals surface area contributed by atoms with Gasteiger partial charge in [-0.3, -0.25) is 0 Å². The fourth-order valence-corrected chi connectivity index (χ4v) is 2.96. The van der Waals surface area contributed by atoms with Gasteiger partial charge < -0.3 is 15.0 Å². The molecule has 1 saturated heterocycles. The van der Waals surface area contributed by atoms with Gasteiger partial charge in [-0.25, -0.2) is 4.98 Å². The van der Waals surface area contributed by atoms with Gasteiger partial charge in [0, 0.05) is 37.8 Å². The number of nitrogens with one attached hydrogen (secondary N) is 1. The molecule has 0 unspecified atom stereocenters. The Morgan fingerprint density at radius 1 is 1.56 bits per heavy atom. The van der Waals surface area contributed by atoms with Crippen LogP contribution in [0, 0.1) is 0 Å². The lowest BCUT2D eigenvalue weighted by Gasteiger charge is -2.30. The van der Waals surface area contributed by atoms with Crippen molar-refractivity contribution >= 4 is 16.5 Å². The predicted octanol–water partition coefficient (Wildman–Crippen LogP) is 1.48. The molecule has 16 heavy (non-hydrogen) atoms. The van der Waals surface area contributed by atoms with Crippen LogP contribution >= 0.6 is 11.3 Å². The molecule has 90 valence electrons. The summed E-state index contributed by atoms with van der Waals surface area (Å²) in [7, 11) is 3.76. The van der Waals surface area contributed by atoms with Crippen LogP contribution in [0.15, 0.2) is 6.20 Å². The van der Waals surface area contributed by atoms with Crippen LogP contribution in [0.2, 0.25) is 0 Å². The van der Waals surface area contributed by atoms with E-state index >= 15 is 0 Å². The normalized spacial score (nSPS) is 18.0. The Morgan fingerprint density at radius 2 is 2.31 bits per heavy atom. The van der Waals surface area contributed by atoms with Gasteiger partial charge in [0.25, 0.3) is 0 Å². The third-order valence-corrected chi connectivity index (χ3v) is 4.00. The van der Waals surface area contributed by atoms with Crippen molar-refractivity contribution in [2.45, 2.75) is 25.5 Å². The van der Waals surface area contributed by atoms with Gasteiger partial charge in [0.05, 0.1) is 6.10 Å². The lowest BCUT2D eigenvalue weighted by molar-refractivity contribution is 0.0819. The van der Waals surface area contributed by atoms with Crippen LogP contribution in [-0.4, -0.2) is 38.3 Å². The van der Waals surface area contributed by atoms with Crippen LogP contribution in [-0.2, 0) is 11.3 Å². The van der Waals surface area contributed by atoms with Gasteiger partial charge >= 0.3 is 0 Å². The molecule has 0 spiro atoms. The summed E-state index contributed by atoms with van der Waals surface area (Å²) in [6.45, 7) is 3.03. The number of anilines is 1. The number of nitrogens with zero attached hydrogens (tertiary/aromatic N) is 2. The molecule has 0 bridgehead atoms. The smallest absolute Gasteiger partial charge is 0.185 e. The Labute approximate surface area is 101 Å². The topological polar surface area (TPSA) is 37.4 Å². The maximum absolute atomic E-state index is 5.37. The minimum atomic E-state index is 0.438. The number of hydrogen-bond donors (Lipinski definition) is 1. The zero-order chi connectivity index (χ0) is 11.4. The van der Waals surface area contributed by atoms with Gasteiger partial charge in [-0.05, 0) is 19.9 Å². The first kappa shape index (κ1) is 11.8. The molecule has 1 aliphatic rings. The number of methoxy groups -OCH3 is 1. The van der Waals surface area contributed by atoms with E-state index in [1.54, 1.807) is 18.4 Å². The molecule has 1 fully saturated rings. The zero-order valence-electron chi connectivity index (χ0n) is 9.90. The van der Waals surface area contributed by atoms with Crippen LogP contribution in [0.1, 0.15) is 17.7 Å². The second-order valence-electron chi connectivity index (χ2n) is 4.06. The van der Waals surface area contributed by atoms with Crippen molar-refractivity contribution in [3.63, 3.8) is 0 Å². The molecule has 0 atom stereocenters. The molecule has 4 nitrogen and oxygen atoms in total. The van der Waals surface area contributed by atoms with E-state index in [0.29, 0.717) is 6.10 Å². The molecule has 1 N–H and O–H groups in total. The summed E-state index contributed by atoms with van der Waals surface area (Å²) in [5.41, 5.74) is 0. The predicted molar refractivity (Wildman–Crippen MR) is 67.1 cm³/mol. The Balaban J connectivity index is 1.92. The lowest BCUT2D eigenvalue weighted by atomic mass is 10.1. The van der Waals surface area contributed by atoms with Crippen molar-refractivity contribution < 1.29 is 4.74 Å². The van der Waals surface area contributed by atoms with Crippen LogP contribution < -0.4 is 10.2 Å². The Kier molecular flexibility index (Phi) is 4.15. The summed E-state index contributed by atoms with van der Waals surface area (Å²) in [5, 5.41) is 4.30. The number of ether oxygens (including phenoxy) is 1. The minimum Gasteiger partial charge on any atom is -0.381 e. The second kappa shape index (κ2) is 5.61. The van der Waals surface area contributed by atoms with E-state index in [9.17, 15) is 0 Å². The fourth-order valence-electron chi connectivity index (χ4n) is 1.98. The molecule has 5 heteroatoms. The standard InChI is InChI=1S/C11H19N3OS/c1-12-7-10-8-13-11(16-10)14-5-3-9(15-2)4-6-14/h8-9,12H,3-7H2,1-2H3. The Hall–Kier alpha value is -0.650. The van der Waals surface area contributed by atoms with Crippen LogP contribution in [0.3, 0.4) is 0 Å².